The van der Waals surface area contributed by atoms with E-state index >= 15 is 0 Å². The smallest absolute Gasteiger partial charge is 0.120 e. The summed E-state index contributed by atoms with van der Waals surface area (Å²) in [6.45, 7) is 1.41. The van der Waals surface area contributed by atoms with E-state index in [0.717, 1.165) is 27.8 Å². The molecular weight excluding hydrogens is 304 g/mol. The van der Waals surface area contributed by atoms with E-state index in [0.29, 0.717) is 6.61 Å². The molecule has 0 saturated carbocycles. The fourth-order valence-corrected chi connectivity index (χ4v) is 2.39. The number of benzene rings is 2. The second-order valence-corrected chi connectivity index (χ2v) is 5.15. The van der Waals surface area contributed by atoms with Crippen LogP contribution in [0.1, 0.15) is 0 Å². The lowest BCUT2D eigenvalue weighted by atomic mass is 10.3. The first-order valence-electron chi connectivity index (χ1n) is 6.11. The first kappa shape index (κ1) is 12.2. The Hall–Kier alpha value is -1.81. The van der Waals surface area contributed by atoms with Crippen molar-refractivity contribution in [2.75, 3.05) is 6.61 Å². The zero-order valence-corrected chi connectivity index (χ0v) is 11.9. The molecule has 0 N–H and O–H groups in total. The molecule has 0 radical (unpaired) electrons. The van der Waals surface area contributed by atoms with E-state index in [9.17, 15) is 0 Å². The quantitative estimate of drug-likeness (QED) is 0.730. The molecule has 0 atom stereocenters. The number of para-hydroxylation sites is 2. The van der Waals surface area contributed by atoms with Crippen LogP contribution in [0.25, 0.3) is 11.0 Å². The summed E-state index contributed by atoms with van der Waals surface area (Å²) in [5.74, 6) is 0.874. The van der Waals surface area contributed by atoms with Gasteiger partial charge >= 0.3 is 0 Å². The van der Waals surface area contributed by atoms with Crippen LogP contribution in [0.5, 0.6) is 5.75 Å². The highest BCUT2D eigenvalue weighted by molar-refractivity contribution is 9.10. The van der Waals surface area contributed by atoms with Crippen molar-refractivity contribution < 1.29 is 4.74 Å². The van der Waals surface area contributed by atoms with Crippen molar-refractivity contribution in [3.8, 4) is 5.75 Å². The molecule has 4 heteroatoms. The third-order valence-electron chi connectivity index (χ3n) is 2.92. The van der Waals surface area contributed by atoms with Gasteiger partial charge in [-0.2, -0.15) is 0 Å². The van der Waals surface area contributed by atoms with Gasteiger partial charge in [0.05, 0.1) is 23.9 Å². The van der Waals surface area contributed by atoms with Crippen LogP contribution in [-0.4, -0.2) is 16.2 Å². The number of aromatic nitrogens is 2. The van der Waals surface area contributed by atoms with Crippen LogP contribution in [0.15, 0.2) is 59.3 Å². The molecule has 0 spiro atoms. The van der Waals surface area contributed by atoms with Crippen LogP contribution in [0, 0.1) is 0 Å². The molecule has 0 aliphatic carbocycles. The van der Waals surface area contributed by atoms with Gasteiger partial charge in [0.15, 0.2) is 0 Å². The highest BCUT2D eigenvalue weighted by atomic mass is 79.9. The fourth-order valence-electron chi connectivity index (χ4n) is 2.01. The summed E-state index contributed by atoms with van der Waals surface area (Å²) in [4.78, 5) is 4.36. The molecule has 3 nitrogen and oxygen atoms in total. The molecule has 0 saturated heterocycles. The van der Waals surface area contributed by atoms with Gasteiger partial charge in [-0.05, 0) is 30.3 Å². The van der Waals surface area contributed by atoms with E-state index in [-0.39, 0.29) is 0 Å². The third kappa shape index (κ3) is 2.79. The molecule has 1 aromatic heterocycles. The van der Waals surface area contributed by atoms with Gasteiger partial charge in [0.25, 0.3) is 0 Å². The van der Waals surface area contributed by atoms with Crippen LogP contribution in [0.3, 0.4) is 0 Å². The monoisotopic (exact) mass is 316 g/mol. The lowest BCUT2D eigenvalue weighted by Gasteiger charge is -2.07. The lowest BCUT2D eigenvalue weighted by Crippen LogP contribution is -2.07. The number of nitrogens with zero attached hydrogens (tertiary/aromatic N) is 2. The van der Waals surface area contributed by atoms with Gasteiger partial charge in [0, 0.05) is 4.47 Å². The highest BCUT2D eigenvalue weighted by Gasteiger charge is 2.01. The predicted octanol–water partition coefficient (Wildman–Crippen LogP) is 3.88. The minimum Gasteiger partial charge on any atom is -0.492 e. The molecule has 2 aromatic carbocycles. The van der Waals surface area contributed by atoms with Crippen LogP contribution in [0.4, 0.5) is 0 Å². The minimum absolute atomic E-state index is 0.622. The molecule has 3 aromatic rings. The standard InChI is InChI=1S/C15H13BrN2O/c16-12-4-3-5-13(10-12)19-9-8-18-11-17-14-6-1-2-7-15(14)18/h1-7,10-11H,8-9H2. The summed E-state index contributed by atoms with van der Waals surface area (Å²) in [6, 6.07) is 16.0. The maximum absolute atomic E-state index is 5.73. The summed E-state index contributed by atoms with van der Waals surface area (Å²) < 4.78 is 8.86. The molecule has 0 aliphatic heterocycles. The number of hydrogen-bond donors (Lipinski definition) is 0. The highest BCUT2D eigenvalue weighted by Crippen LogP contribution is 2.18. The SMILES string of the molecule is Brc1cccc(OCCn2cnc3ccccc32)c1. The Kier molecular flexibility index (Phi) is 3.51. The Morgan fingerprint density at radius 3 is 2.89 bits per heavy atom. The van der Waals surface area contributed by atoms with Gasteiger partial charge in [0.2, 0.25) is 0 Å². The molecule has 1 heterocycles. The topological polar surface area (TPSA) is 27.1 Å². The van der Waals surface area contributed by atoms with Crippen LogP contribution >= 0.6 is 15.9 Å². The summed E-state index contributed by atoms with van der Waals surface area (Å²) >= 11 is 3.43. The van der Waals surface area contributed by atoms with Crippen LogP contribution in [0.2, 0.25) is 0 Å². The predicted molar refractivity (Wildman–Crippen MR) is 79.4 cm³/mol. The van der Waals surface area contributed by atoms with Crippen molar-refractivity contribution in [1.29, 1.82) is 0 Å². The van der Waals surface area contributed by atoms with Gasteiger partial charge in [-0.3, -0.25) is 0 Å². The molecule has 19 heavy (non-hydrogen) atoms. The minimum atomic E-state index is 0.622. The zero-order chi connectivity index (χ0) is 13.1. The van der Waals surface area contributed by atoms with E-state index in [1.807, 2.05) is 48.8 Å². The summed E-state index contributed by atoms with van der Waals surface area (Å²) in [5.41, 5.74) is 2.16. The average Bonchev–Trinajstić information content (AvgIpc) is 2.83. The van der Waals surface area contributed by atoms with Gasteiger partial charge in [-0.1, -0.05) is 34.1 Å². The number of fused-ring (bicyclic) bond motifs is 1. The Morgan fingerprint density at radius 2 is 2.00 bits per heavy atom. The summed E-state index contributed by atoms with van der Waals surface area (Å²) in [5, 5.41) is 0. The Balaban J connectivity index is 1.66. The van der Waals surface area contributed by atoms with Gasteiger partial charge in [-0.15, -0.1) is 0 Å². The van der Waals surface area contributed by atoms with Crippen molar-refractivity contribution in [3.63, 3.8) is 0 Å². The van der Waals surface area contributed by atoms with Crippen molar-refractivity contribution in [2.45, 2.75) is 6.54 Å². The van der Waals surface area contributed by atoms with E-state index in [1.165, 1.54) is 0 Å². The largest absolute Gasteiger partial charge is 0.492 e. The number of hydrogen-bond acceptors (Lipinski definition) is 2. The third-order valence-corrected chi connectivity index (χ3v) is 3.42. The van der Waals surface area contributed by atoms with Gasteiger partial charge < -0.3 is 9.30 Å². The van der Waals surface area contributed by atoms with Gasteiger partial charge in [-0.25, -0.2) is 4.98 Å². The van der Waals surface area contributed by atoms with Crippen molar-refractivity contribution >= 4 is 27.0 Å². The maximum Gasteiger partial charge on any atom is 0.120 e. The first-order chi connectivity index (χ1) is 9.33. The van der Waals surface area contributed by atoms with Crippen molar-refractivity contribution in [2.24, 2.45) is 0 Å². The van der Waals surface area contributed by atoms with Crippen LogP contribution < -0.4 is 4.74 Å². The van der Waals surface area contributed by atoms with E-state index in [2.05, 4.69) is 31.5 Å². The maximum atomic E-state index is 5.73. The van der Waals surface area contributed by atoms with Gasteiger partial charge in [0.1, 0.15) is 12.4 Å². The van der Waals surface area contributed by atoms with Crippen molar-refractivity contribution in [3.05, 3.63) is 59.3 Å². The van der Waals surface area contributed by atoms with E-state index < -0.39 is 0 Å². The second kappa shape index (κ2) is 5.45. The van der Waals surface area contributed by atoms with E-state index in [1.54, 1.807) is 0 Å². The molecule has 0 unspecified atom stereocenters. The lowest BCUT2D eigenvalue weighted by molar-refractivity contribution is 0.300. The molecule has 96 valence electrons. The first-order valence-corrected chi connectivity index (χ1v) is 6.90. The molecule has 0 fully saturated rings. The second-order valence-electron chi connectivity index (χ2n) is 4.23. The average molecular weight is 317 g/mol. The molecule has 0 bridgehead atoms. The Morgan fingerprint density at radius 1 is 1.11 bits per heavy atom. The van der Waals surface area contributed by atoms with Crippen LogP contribution in [-0.2, 0) is 6.54 Å². The zero-order valence-electron chi connectivity index (χ0n) is 10.3. The number of halogens is 1. The molecular formula is C15H13BrN2O. The van der Waals surface area contributed by atoms with Crippen molar-refractivity contribution in [1.82, 2.24) is 9.55 Å². The number of ether oxygens (including phenoxy) is 1. The Labute approximate surface area is 120 Å². The van der Waals surface area contributed by atoms with E-state index in [4.69, 9.17) is 4.74 Å². The Bertz CT molecular complexity index is 693. The number of imidazole rings is 1. The molecule has 0 aliphatic rings. The summed E-state index contributed by atoms with van der Waals surface area (Å²) in [6.07, 6.45) is 1.86. The molecule has 0 amide bonds. The normalized spacial score (nSPS) is 10.8. The number of rotatable bonds is 4. The molecule has 3 rings (SSSR count). The summed E-state index contributed by atoms with van der Waals surface area (Å²) in [7, 11) is 0. The fraction of sp³-hybridized carbons (Fsp3) is 0.133.